The lowest BCUT2D eigenvalue weighted by Crippen LogP contribution is -2.52. The van der Waals surface area contributed by atoms with Crippen LogP contribution in [0.15, 0.2) is 30.5 Å². The Morgan fingerprint density at radius 3 is 2.64 bits per heavy atom. The maximum atomic E-state index is 12.1. The van der Waals surface area contributed by atoms with Gasteiger partial charge in [0.2, 0.25) is 11.8 Å². The van der Waals surface area contributed by atoms with Crippen LogP contribution in [0.4, 0.5) is 0 Å². The van der Waals surface area contributed by atoms with Gasteiger partial charge in [-0.15, -0.1) is 0 Å². The summed E-state index contributed by atoms with van der Waals surface area (Å²) in [5.41, 5.74) is 5.93. The van der Waals surface area contributed by atoms with Gasteiger partial charge in [-0.05, 0) is 11.5 Å². The molecular weight excluding hydrogens is 280 g/mol. The maximum absolute atomic E-state index is 12.1. The van der Waals surface area contributed by atoms with Crippen LogP contribution >= 0.6 is 0 Å². The Hall–Kier alpha value is -2.37. The van der Waals surface area contributed by atoms with E-state index in [-0.39, 0.29) is 12.3 Å². The quantitative estimate of drug-likeness (QED) is 0.875. The Morgan fingerprint density at radius 1 is 1.32 bits per heavy atom. The number of fused-ring (bicyclic) bond motifs is 1. The van der Waals surface area contributed by atoms with Gasteiger partial charge in [0.1, 0.15) is 6.04 Å². The van der Waals surface area contributed by atoms with E-state index in [1.165, 1.54) is 0 Å². The first-order valence-corrected chi connectivity index (χ1v) is 7.28. The van der Waals surface area contributed by atoms with Gasteiger partial charge in [0, 0.05) is 11.8 Å². The van der Waals surface area contributed by atoms with Gasteiger partial charge < -0.3 is 11.1 Å². The highest BCUT2D eigenvalue weighted by Gasteiger charge is 2.30. The molecule has 0 bridgehead atoms. The fourth-order valence-electron chi connectivity index (χ4n) is 2.36. The summed E-state index contributed by atoms with van der Waals surface area (Å²) < 4.78 is 1.78. The van der Waals surface area contributed by atoms with E-state index in [1.54, 1.807) is 10.9 Å². The van der Waals surface area contributed by atoms with E-state index in [0.717, 1.165) is 10.9 Å². The molecule has 118 valence electrons. The fraction of sp³-hybridized carbons (Fsp3) is 0.438. The molecule has 0 fully saturated rings. The van der Waals surface area contributed by atoms with Gasteiger partial charge in [0.25, 0.3) is 0 Å². The molecule has 0 saturated carbocycles. The minimum Gasteiger partial charge on any atom is -0.368 e. The standard InChI is InChI=1S/C16H22N4O2/c1-16(2,3)14(15(17)22)19-13(21)8-9-20-12-7-5-4-6-11(12)10-18-20/h4-7,10,14H,8-9H2,1-3H3,(H2,17,22)(H,19,21). The minimum absolute atomic E-state index is 0.210. The second-order valence-corrected chi connectivity index (χ2v) is 6.45. The molecule has 0 radical (unpaired) electrons. The zero-order chi connectivity index (χ0) is 16.3. The van der Waals surface area contributed by atoms with Gasteiger partial charge in [0.15, 0.2) is 0 Å². The third-order valence-corrected chi connectivity index (χ3v) is 3.56. The van der Waals surface area contributed by atoms with E-state index in [9.17, 15) is 9.59 Å². The number of para-hydroxylation sites is 1. The van der Waals surface area contributed by atoms with Crippen molar-refractivity contribution in [1.82, 2.24) is 15.1 Å². The molecule has 0 aliphatic heterocycles. The van der Waals surface area contributed by atoms with Crippen LogP contribution in [-0.4, -0.2) is 27.6 Å². The van der Waals surface area contributed by atoms with E-state index in [2.05, 4.69) is 10.4 Å². The molecule has 1 heterocycles. The second kappa shape index (κ2) is 6.17. The molecule has 2 rings (SSSR count). The summed E-state index contributed by atoms with van der Waals surface area (Å²) in [4.78, 5) is 23.6. The van der Waals surface area contributed by atoms with Crippen LogP contribution in [0, 0.1) is 5.41 Å². The highest BCUT2D eigenvalue weighted by Crippen LogP contribution is 2.19. The van der Waals surface area contributed by atoms with Crippen molar-refractivity contribution in [2.24, 2.45) is 11.1 Å². The highest BCUT2D eigenvalue weighted by molar-refractivity contribution is 5.87. The molecule has 2 amide bonds. The highest BCUT2D eigenvalue weighted by atomic mass is 16.2. The first kappa shape index (κ1) is 16.0. The van der Waals surface area contributed by atoms with Gasteiger partial charge in [-0.1, -0.05) is 39.0 Å². The topological polar surface area (TPSA) is 90.0 Å². The number of hydrogen-bond acceptors (Lipinski definition) is 3. The zero-order valence-electron chi connectivity index (χ0n) is 13.2. The van der Waals surface area contributed by atoms with E-state index < -0.39 is 17.4 Å². The summed E-state index contributed by atoms with van der Waals surface area (Å²) in [5, 5.41) is 8.02. The van der Waals surface area contributed by atoms with E-state index >= 15 is 0 Å². The van der Waals surface area contributed by atoms with Crippen LogP contribution in [0.2, 0.25) is 0 Å². The number of carbonyl (C=O) groups excluding carboxylic acids is 2. The lowest BCUT2D eigenvalue weighted by atomic mass is 9.86. The Bertz CT molecular complexity index is 685. The van der Waals surface area contributed by atoms with Gasteiger partial charge in [-0.3, -0.25) is 14.3 Å². The number of nitrogens with zero attached hydrogens (tertiary/aromatic N) is 2. The molecular formula is C16H22N4O2. The Labute approximate surface area is 129 Å². The first-order valence-electron chi connectivity index (χ1n) is 7.28. The number of carbonyl (C=O) groups is 2. The van der Waals surface area contributed by atoms with Crippen LogP contribution in [0.3, 0.4) is 0 Å². The third kappa shape index (κ3) is 3.63. The van der Waals surface area contributed by atoms with Crippen molar-refractivity contribution < 1.29 is 9.59 Å². The predicted octanol–water partition coefficient (Wildman–Crippen LogP) is 1.44. The van der Waals surface area contributed by atoms with Crippen molar-refractivity contribution in [2.45, 2.75) is 39.8 Å². The molecule has 0 aliphatic rings. The molecule has 6 heteroatoms. The summed E-state index contributed by atoms with van der Waals surface area (Å²) in [6, 6.07) is 7.13. The van der Waals surface area contributed by atoms with E-state index in [1.807, 2.05) is 45.0 Å². The fourth-order valence-corrected chi connectivity index (χ4v) is 2.36. The molecule has 6 nitrogen and oxygen atoms in total. The molecule has 1 atom stereocenters. The van der Waals surface area contributed by atoms with Gasteiger partial charge in [0.05, 0.1) is 18.3 Å². The number of primary amides is 1. The molecule has 1 aromatic heterocycles. The molecule has 22 heavy (non-hydrogen) atoms. The predicted molar refractivity (Wildman–Crippen MR) is 84.9 cm³/mol. The minimum atomic E-state index is -0.686. The number of nitrogens with one attached hydrogen (secondary N) is 1. The summed E-state index contributed by atoms with van der Waals surface area (Å²) in [6.45, 7) is 6.05. The van der Waals surface area contributed by atoms with Crippen LogP contribution < -0.4 is 11.1 Å². The van der Waals surface area contributed by atoms with Crippen molar-refractivity contribution in [2.75, 3.05) is 0 Å². The molecule has 0 spiro atoms. The SMILES string of the molecule is CC(C)(C)C(NC(=O)CCn1ncc2ccccc21)C(N)=O. The number of nitrogens with two attached hydrogens (primary N) is 1. The van der Waals surface area contributed by atoms with Crippen molar-refractivity contribution >= 4 is 22.7 Å². The number of aromatic nitrogens is 2. The summed E-state index contributed by atoms with van der Waals surface area (Å²) in [6.07, 6.45) is 2.01. The normalized spacial score (nSPS) is 13.0. The van der Waals surface area contributed by atoms with Gasteiger partial charge in [-0.25, -0.2) is 0 Å². The van der Waals surface area contributed by atoms with Crippen LogP contribution in [0.1, 0.15) is 27.2 Å². The monoisotopic (exact) mass is 302 g/mol. The van der Waals surface area contributed by atoms with Crippen LogP contribution in [-0.2, 0) is 16.1 Å². The van der Waals surface area contributed by atoms with Gasteiger partial charge in [-0.2, -0.15) is 5.10 Å². The Balaban J connectivity index is 1.99. The number of benzene rings is 1. The molecule has 0 saturated heterocycles. The van der Waals surface area contributed by atoms with Crippen molar-refractivity contribution in [3.8, 4) is 0 Å². The van der Waals surface area contributed by atoms with Gasteiger partial charge >= 0.3 is 0 Å². The van der Waals surface area contributed by atoms with Crippen LogP contribution in [0.25, 0.3) is 10.9 Å². The Morgan fingerprint density at radius 2 is 2.00 bits per heavy atom. The lowest BCUT2D eigenvalue weighted by molar-refractivity contribution is -0.129. The molecule has 3 N–H and O–H groups in total. The summed E-state index contributed by atoms with van der Waals surface area (Å²) in [7, 11) is 0. The van der Waals surface area contributed by atoms with E-state index in [4.69, 9.17) is 5.73 Å². The molecule has 1 unspecified atom stereocenters. The van der Waals surface area contributed by atoms with Crippen molar-refractivity contribution in [1.29, 1.82) is 0 Å². The average Bonchev–Trinajstić information content (AvgIpc) is 2.84. The molecule has 0 aliphatic carbocycles. The largest absolute Gasteiger partial charge is 0.368 e. The number of rotatable bonds is 5. The average molecular weight is 302 g/mol. The zero-order valence-corrected chi connectivity index (χ0v) is 13.2. The third-order valence-electron chi connectivity index (χ3n) is 3.56. The maximum Gasteiger partial charge on any atom is 0.240 e. The first-order chi connectivity index (χ1) is 10.3. The van der Waals surface area contributed by atoms with E-state index in [0.29, 0.717) is 6.54 Å². The number of hydrogen-bond donors (Lipinski definition) is 2. The van der Waals surface area contributed by atoms with Crippen molar-refractivity contribution in [3.63, 3.8) is 0 Å². The molecule has 2 aromatic rings. The number of amides is 2. The van der Waals surface area contributed by atoms with Crippen molar-refractivity contribution in [3.05, 3.63) is 30.5 Å². The smallest absolute Gasteiger partial charge is 0.240 e. The van der Waals surface area contributed by atoms with Crippen LogP contribution in [0.5, 0.6) is 0 Å². The molecule has 1 aromatic carbocycles. The summed E-state index contributed by atoms with van der Waals surface area (Å²) >= 11 is 0. The summed E-state index contributed by atoms with van der Waals surface area (Å²) in [5.74, 6) is -0.733. The lowest BCUT2D eigenvalue weighted by Gasteiger charge is -2.28. The number of aryl methyl sites for hydroxylation is 1. The second-order valence-electron chi connectivity index (χ2n) is 6.45. The Kier molecular flexibility index (Phi) is 4.49.